The molecule has 4 rings (SSSR count). The van der Waals surface area contributed by atoms with Crippen LogP contribution in [0.5, 0.6) is 0 Å². The second kappa shape index (κ2) is 8.13. The summed E-state index contributed by atoms with van der Waals surface area (Å²) in [6.07, 6.45) is 2.99. The summed E-state index contributed by atoms with van der Waals surface area (Å²) in [6.45, 7) is 10.0. The van der Waals surface area contributed by atoms with Gasteiger partial charge in [-0.15, -0.1) is 0 Å². The third kappa shape index (κ3) is 4.10. The molecule has 5 nitrogen and oxygen atoms in total. The summed E-state index contributed by atoms with van der Waals surface area (Å²) in [6, 6.07) is 13.3. The number of likely N-dealkylation sites (tertiary alicyclic amines) is 1. The number of aliphatic hydroxyl groups excluding tert-OH is 1. The van der Waals surface area contributed by atoms with Crippen molar-refractivity contribution in [3.63, 3.8) is 0 Å². The highest BCUT2D eigenvalue weighted by molar-refractivity contribution is 5.26. The van der Waals surface area contributed by atoms with Crippen LogP contribution >= 0.6 is 0 Å². The quantitative estimate of drug-likeness (QED) is 0.901. The molecule has 146 valence electrons. The minimum absolute atomic E-state index is 0.645. The Hall–Kier alpha value is -1.69. The smallest absolute Gasteiger partial charge is 0.123 e. The van der Waals surface area contributed by atoms with Crippen LogP contribution in [0.1, 0.15) is 56.2 Å². The van der Waals surface area contributed by atoms with Crippen molar-refractivity contribution in [3.8, 4) is 0 Å². The maximum atomic E-state index is 10.7. The summed E-state index contributed by atoms with van der Waals surface area (Å²) in [5.41, 5.74) is 2.92. The maximum absolute atomic E-state index is 10.7. The molecule has 1 atom stereocenters. The molecule has 3 heterocycles. The van der Waals surface area contributed by atoms with Gasteiger partial charge in [0.15, 0.2) is 0 Å². The van der Waals surface area contributed by atoms with E-state index in [1.165, 1.54) is 31.6 Å². The summed E-state index contributed by atoms with van der Waals surface area (Å²) in [7, 11) is 0. The Balaban J connectivity index is 1.46. The van der Waals surface area contributed by atoms with Crippen LogP contribution in [0.2, 0.25) is 0 Å². The lowest BCUT2D eigenvalue weighted by Crippen LogP contribution is -2.46. The van der Waals surface area contributed by atoms with Crippen molar-refractivity contribution in [2.45, 2.75) is 64.4 Å². The molecule has 1 saturated heterocycles. The first-order valence-electron chi connectivity index (χ1n) is 10.4. The zero-order chi connectivity index (χ0) is 18.8. The first-order valence-corrected chi connectivity index (χ1v) is 10.4. The Morgan fingerprint density at radius 1 is 1.04 bits per heavy atom. The third-order valence-corrected chi connectivity index (χ3v) is 6.20. The molecule has 0 amide bonds. The van der Waals surface area contributed by atoms with Gasteiger partial charge in [-0.05, 0) is 57.8 Å². The van der Waals surface area contributed by atoms with Crippen molar-refractivity contribution in [2.24, 2.45) is 0 Å². The molecule has 1 N–H and O–H groups in total. The van der Waals surface area contributed by atoms with Crippen LogP contribution in [-0.4, -0.2) is 56.4 Å². The van der Waals surface area contributed by atoms with E-state index in [1.807, 2.05) is 30.3 Å². The standard InChI is InChI=1S/C22H32N4O/c1-17(2)24-13-9-19(10-14-24)25-11-6-12-26-20(16-25)15-21(23-26)22(27)18-7-4-3-5-8-18/h3-5,7-8,15,17,19,22,27H,6,9-14,16H2,1-2H3/t22-/m0/s1. The van der Waals surface area contributed by atoms with Gasteiger partial charge < -0.3 is 10.0 Å². The molecular weight excluding hydrogens is 336 g/mol. The molecular formula is C22H32N4O. The van der Waals surface area contributed by atoms with Gasteiger partial charge >= 0.3 is 0 Å². The van der Waals surface area contributed by atoms with Crippen molar-refractivity contribution in [1.82, 2.24) is 19.6 Å². The molecule has 2 aliphatic heterocycles. The number of benzene rings is 1. The molecule has 0 spiro atoms. The van der Waals surface area contributed by atoms with E-state index >= 15 is 0 Å². The van der Waals surface area contributed by atoms with Crippen LogP contribution < -0.4 is 0 Å². The van der Waals surface area contributed by atoms with Crippen LogP contribution in [0.3, 0.4) is 0 Å². The average Bonchev–Trinajstić information content (AvgIpc) is 2.99. The minimum Gasteiger partial charge on any atom is -0.382 e. The van der Waals surface area contributed by atoms with Crippen molar-refractivity contribution < 1.29 is 5.11 Å². The lowest BCUT2D eigenvalue weighted by Gasteiger charge is -2.39. The normalized spacial score (nSPS) is 21.2. The molecule has 0 bridgehead atoms. The Bertz CT molecular complexity index is 734. The Kier molecular flexibility index (Phi) is 5.62. The summed E-state index contributed by atoms with van der Waals surface area (Å²) >= 11 is 0. The Morgan fingerprint density at radius 3 is 2.48 bits per heavy atom. The van der Waals surface area contributed by atoms with Gasteiger partial charge in [-0.25, -0.2) is 0 Å². The highest BCUT2D eigenvalue weighted by atomic mass is 16.3. The van der Waals surface area contributed by atoms with Gasteiger partial charge in [0.05, 0.1) is 11.4 Å². The van der Waals surface area contributed by atoms with Gasteiger partial charge in [0.25, 0.3) is 0 Å². The number of fused-ring (bicyclic) bond motifs is 1. The first-order chi connectivity index (χ1) is 13.1. The summed E-state index contributed by atoms with van der Waals surface area (Å²) in [5.74, 6) is 0. The van der Waals surface area contributed by atoms with E-state index in [2.05, 4.69) is 34.4 Å². The van der Waals surface area contributed by atoms with E-state index in [0.717, 1.165) is 37.3 Å². The second-order valence-corrected chi connectivity index (χ2v) is 8.28. The second-order valence-electron chi connectivity index (χ2n) is 8.28. The van der Waals surface area contributed by atoms with Crippen molar-refractivity contribution >= 4 is 0 Å². The van der Waals surface area contributed by atoms with E-state index in [4.69, 9.17) is 5.10 Å². The zero-order valence-corrected chi connectivity index (χ0v) is 16.6. The molecule has 2 aliphatic rings. The Labute approximate surface area is 162 Å². The van der Waals surface area contributed by atoms with Gasteiger partial charge in [-0.3, -0.25) is 9.58 Å². The fraction of sp³-hybridized carbons (Fsp3) is 0.591. The number of hydrogen-bond donors (Lipinski definition) is 1. The van der Waals surface area contributed by atoms with Gasteiger partial charge in [0, 0.05) is 31.7 Å². The first kappa shape index (κ1) is 18.7. The fourth-order valence-corrected chi connectivity index (χ4v) is 4.53. The van der Waals surface area contributed by atoms with E-state index < -0.39 is 6.10 Å². The number of hydrogen-bond acceptors (Lipinski definition) is 4. The number of aliphatic hydroxyl groups is 1. The Morgan fingerprint density at radius 2 is 1.78 bits per heavy atom. The predicted octanol–water partition coefficient (Wildman–Crippen LogP) is 3.04. The molecule has 0 saturated carbocycles. The van der Waals surface area contributed by atoms with Crippen LogP contribution in [0.25, 0.3) is 0 Å². The van der Waals surface area contributed by atoms with Gasteiger partial charge in [0.2, 0.25) is 0 Å². The van der Waals surface area contributed by atoms with Gasteiger partial charge in [-0.2, -0.15) is 5.10 Å². The summed E-state index contributed by atoms with van der Waals surface area (Å²) in [5, 5.41) is 15.4. The molecule has 5 heteroatoms. The molecule has 0 unspecified atom stereocenters. The topological polar surface area (TPSA) is 44.5 Å². The maximum Gasteiger partial charge on any atom is 0.123 e. The monoisotopic (exact) mass is 368 g/mol. The minimum atomic E-state index is -0.645. The van der Waals surface area contributed by atoms with Crippen LogP contribution in [0, 0.1) is 0 Å². The zero-order valence-electron chi connectivity index (χ0n) is 16.6. The molecule has 1 aromatic carbocycles. The molecule has 1 aromatic heterocycles. The largest absolute Gasteiger partial charge is 0.382 e. The summed E-state index contributed by atoms with van der Waals surface area (Å²) in [4.78, 5) is 5.24. The van der Waals surface area contributed by atoms with Gasteiger partial charge in [-0.1, -0.05) is 30.3 Å². The average molecular weight is 369 g/mol. The van der Waals surface area contributed by atoms with Crippen molar-refractivity contribution in [1.29, 1.82) is 0 Å². The number of rotatable bonds is 4. The number of aromatic nitrogens is 2. The summed E-state index contributed by atoms with van der Waals surface area (Å²) < 4.78 is 2.12. The SMILES string of the molecule is CC(C)N1CCC(N2CCCn3nc([C@@H](O)c4ccccc4)cc3C2)CC1. The van der Waals surface area contributed by atoms with E-state index in [-0.39, 0.29) is 0 Å². The van der Waals surface area contributed by atoms with Crippen molar-refractivity contribution in [2.75, 3.05) is 19.6 Å². The third-order valence-electron chi connectivity index (χ3n) is 6.20. The highest BCUT2D eigenvalue weighted by Crippen LogP contribution is 2.26. The van der Waals surface area contributed by atoms with Crippen LogP contribution in [-0.2, 0) is 13.1 Å². The molecule has 0 aliphatic carbocycles. The van der Waals surface area contributed by atoms with Crippen LogP contribution in [0.15, 0.2) is 36.4 Å². The lowest BCUT2D eigenvalue weighted by atomic mass is 10.0. The van der Waals surface area contributed by atoms with Crippen LogP contribution in [0.4, 0.5) is 0 Å². The van der Waals surface area contributed by atoms with Crippen molar-refractivity contribution in [3.05, 3.63) is 53.3 Å². The number of aryl methyl sites for hydroxylation is 1. The fourth-order valence-electron chi connectivity index (χ4n) is 4.53. The van der Waals surface area contributed by atoms with E-state index in [0.29, 0.717) is 12.1 Å². The molecule has 1 fully saturated rings. The number of piperidine rings is 1. The molecule has 0 radical (unpaired) electrons. The predicted molar refractivity (Wildman–Crippen MR) is 107 cm³/mol. The molecule has 27 heavy (non-hydrogen) atoms. The molecule has 2 aromatic rings. The highest BCUT2D eigenvalue weighted by Gasteiger charge is 2.28. The van der Waals surface area contributed by atoms with E-state index in [1.54, 1.807) is 0 Å². The lowest BCUT2D eigenvalue weighted by molar-refractivity contribution is 0.0882. The number of nitrogens with zero attached hydrogens (tertiary/aromatic N) is 4. The van der Waals surface area contributed by atoms with Gasteiger partial charge in [0.1, 0.15) is 6.10 Å². The van der Waals surface area contributed by atoms with E-state index in [9.17, 15) is 5.11 Å².